The molecule has 2 aromatic carbocycles. The highest BCUT2D eigenvalue weighted by molar-refractivity contribution is 6.32. The summed E-state index contributed by atoms with van der Waals surface area (Å²) in [6.07, 6.45) is 3.44. The van der Waals surface area contributed by atoms with Crippen LogP contribution in [0.5, 0.6) is 0 Å². The molecule has 0 spiro atoms. The zero-order valence-electron chi connectivity index (χ0n) is 14.9. The van der Waals surface area contributed by atoms with Crippen LogP contribution in [0.15, 0.2) is 48.3 Å². The Hall–Kier alpha value is -3.56. The molecule has 0 saturated carbocycles. The number of hydrogen-bond donors (Lipinski definition) is 2. The molecule has 1 saturated heterocycles. The van der Waals surface area contributed by atoms with Gasteiger partial charge in [0.15, 0.2) is 0 Å². The Kier molecular flexibility index (Phi) is 4.38. The van der Waals surface area contributed by atoms with Gasteiger partial charge in [0.2, 0.25) is 0 Å². The lowest BCUT2D eigenvalue weighted by Crippen LogP contribution is -2.30. The van der Waals surface area contributed by atoms with Crippen molar-refractivity contribution < 1.29 is 9.59 Å². The largest absolute Gasteiger partial charge is 0.360 e. The van der Waals surface area contributed by atoms with Gasteiger partial charge >= 0.3 is 6.03 Å². The molecular formula is C21H15ClN4O2. The number of nitriles is 1. The van der Waals surface area contributed by atoms with Crippen molar-refractivity contribution in [2.75, 3.05) is 0 Å². The zero-order chi connectivity index (χ0) is 19.8. The van der Waals surface area contributed by atoms with Crippen LogP contribution in [0, 0.1) is 18.3 Å². The second kappa shape index (κ2) is 6.87. The van der Waals surface area contributed by atoms with Crippen molar-refractivity contribution in [2.24, 2.45) is 0 Å². The van der Waals surface area contributed by atoms with Crippen LogP contribution in [-0.4, -0.2) is 21.8 Å². The average Bonchev–Trinajstić information content (AvgIpc) is 3.22. The SMILES string of the molecule is Cc1c(Cl)ccc2c(/C=C3\NC(=O)N(Cc4ccc(C#N)cc4)C3=O)c[nH]c12. The average molecular weight is 391 g/mol. The van der Waals surface area contributed by atoms with E-state index >= 15 is 0 Å². The third kappa shape index (κ3) is 3.02. The molecule has 1 aliphatic rings. The first-order chi connectivity index (χ1) is 13.5. The van der Waals surface area contributed by atoms with Crippen molar-refractivity contribution in [1.82, 2.24) is 15.2 Å². The molecule has 3 aromatic rings. The van der Waals surface area contributed by atoms with Gasteiger partial charge in [0.1, 0.15) is 5.70 Å². The molecule has 4 rings (SSSR count). The van der Waals surface area contributed by atoms with E-state index in [0.29, 0.717) is 10.6 Å². The quantitative estimate of drug-likeness (QED) is 0.521. The van der Waals surface area contributed by atoms with Gasteiger partial charge < -0.3 is 10.3 Å². The number of aromatic amines is 1. The van der Waals surface area contributed by atoms with Crippen molar-refractivity contribution in [1.29, 1.82) is 5.26 Å². The molecule has 0 bridgehead atoms. The van der Waals surface area contributed by atoms with Crippen LogP contribution in [0.3, 0.4) is 0 Å². The topological polar surface area (TPSA) is 89.0 Å². The Morgan fingerprint density at radius 2 is 1.93 bits per heavy atom. The summed E-state index contributed by atoms with van der Waals surface area (Å²) in [4.78, 5) is 29.3. The Balaban J connectivity index is 1.62. The number of fused-ring (bicyclic) bond motifs is 1. The molecule has 1 fully saturated rings. The first-order valence-electron chi connectivity index (χ1n) is 8.57. The summed E-state index contributed by atoms with van der Waals surface area (Å²) in [5.41, 5.74) is 4.11. The number of hydrogen-bond acceptors (Lipinski definition) is 3. The van der Waals surface area contributed by atoms with E-state index in [4.69, 9.17) is 16.9 Å². The van der Waals surface area contributed by atoms with Crippen LogP contribution >= 0.6 is 11.6 Å². The number of rotatable bonds is 3. The summed E-state index contributed by atoms with van der Waals surface area (Å²) < 4.78 is 0. The van der Waals surface area contributed by atoms with Gasteiger partial charge in [-0.05, 0) is 42.3 Å². The van der Waals surface area contributed by atoms with Crippen molar-refractivity contribution >= 4 is 40.5 Å². The summed E-state index contributed by atoms with van der Waals surface area (Å²) in [5.74, 6) is -0.394. The molecule has 2 N–H and O–H groups in total. The van der Waals surface area contributed by atoms with Gasteiger partial charge in [-0.15, -0.1) is 0 Å². The smallest absolute Gasteiger partial charge is 0.329 e. The number of halogens is 1. The molecule has 3 amide bonds. The Bertz CT molecular complexity index is 1190. The van der Waals surface area contributed by atoms with Crippen molar-refractivity contribution in [3.8, 4) is 6.07 Å². The second-order valence-corrected chi connectivity index (χ2v) is 6.93. The van der Waals surface area contributed by atoms with Gasteiger partial charge in [-0.1, -0.05) is 29.8 Å². The van der Waals surface area contributed by atoms with E-state index in [2.05, 4.69) is 10.3 Å². The lowest BCUT2D eigenvalue weighted by atomic mass is 10.1. The minimum Gasteiger partial charge on any atom is -0.360 e. The minimum atomic E-state index is -0.473. The van der Waals surface area contributed by atoms with Crippen LogP contribution in [-0.2, 0) is 11.3 Å². The number of urea groups is 1. The highest BCUT2D eigenvalue weighted by atomic mass is 35.5. The lowest BCUT2D eigenvalue weighted by molar-refractivity contribution is -0.123. The molecule has 0 aliphatic carbocycles. The molecule has 0 radical (unpaired) electrons. The summed E-state index contributed by atoms with van der Waals surface area (Å²) in [7, 11) is 0. The fraction of sp³-hybridized carbons (Fsp3) is 0.0952. The lowest BCUT2D eigenvalue weighted by Gasteiger charge is -2.11. The number of aromatic nitrogens is 1. The number of aryl methyl sites for hydroxylation is 1. The predicted octanol–water partition coefficient (Wildman–Crippen LogP) is 4.09. The first-order valence-corrected chi connectivity index (χ1v) is 8.95. The number of benzene rings is 2. The predicted molar refractivity (Wildman–Crippen MR) is 106 cm³/mol. The molecule has 0 unspecified atom stereocenters. The number of H-pyrrole nitrogens is 1. The molecule has 2 heterocycles. The van der Waals surface area contributed by atoms with Crippen LogP contribution < -0.4 is 5.32 Å². The van der Waals surface area contributed by atoms with E-state index in [1.165, 1.54) is 0 Å². The van der Waals surface area contributed by atoms with Gasteiger partial charge in [-0.25, -0.2) is 4.79 Å². The standard InChI is InChI=1S/C21H15ClN4O2/c1-12-17(22)7-6-16-15(10-24-19(12)16)8-18-20(27)26(21(28)25-18)11-14-4-2-13(9-23)3-5-14/h2-8,10,24H,11H2,1H3,(H,25,28)/b18-8-. The van der Waals surface area contributed by atoms with Crippen LogP contribution in [0.1, 0.15) is 22.3 Å². The number of imide groups is 1. The number of nitrogens with zero attached hydrogens (tertiary/aromatic N) is 2. The number of nitrogens with one attached hydrogen (secondary N) is 2. The third-order valence-electron chi connectivity index (χ3n) is 4.77. The fourth-order valence-corrected chi connectivity index (χ4v) is 3.36. The molecule has 1 aromatic heterocycles. The van der Waals surface area contributed by atoms with E-state index in [1.807, 2.05) is 19.1 Å². The van der Waals surface area contributed by atoms with Crippen LogP contribution in [0.2, 0.25) is 5.02 Å². The highest BCUT2D eigenvalue weighted by Crippen LogP contribution is 2.28. The molecular weight excluding hydrogens is 376 g/mol. The molecule has 1 aliphatic heterocycles. The van der Waals surface area contributed by atoms with Gasteiger partial charge in [0, 0.05) is 22.2 Å². The van der Waals surface area contributed by atoms with Gasteiger partial charge in [0.05, 0.1) is 23.7 Å². The Labute approximate surface area is 166 Å². The van der Waals surface area contributed by atoms with Crippen molar-refractivity contribution in [3.63, 3.8) is 0 Å². The normalized spacial score (nSPS) is 15.3. The van der Waals surface area contributed by atoms with Gasteiger partial charge in [0.25, 0.3) is 5.91 Å². The second-order valence-electron chi connectivity index (χ2n) is 6.53. The highest BCUT2D eigenvalue weighted by Gasteiger charge is 2.33. The fourth-order valence-electron chi connectivity index (χ4n) is 3.20. The minimum absolute atomic E-state index is 0.135. The summed E-state index contributed by atoms with van der Waals surface area (Å²) in [6, 6.07) is 12.0. The number of carbonyl (C=O) groups excluding carboxylic acids is 2. The van der Waals surface area contributed by atoms with E-state index < -0.39 is 11.9 Å². The van der Waals surface area contributed by atoms with Gasteiger partial charge in [-0.3, -0.25) is 9.69 Å². The van der Waals surface area contributed by atoms with Crippen molar-refractivity contribution in [2.45, 2.75) is 13.5 Å². The van der Waals surface area contributed by atoms with Crippen LogP contribution in [0.4, 0.5) is 4.79 Å². The molecule has 28 heavy (non-hydrogen) atoms. The molecule has 6 nitrogen and oxygen atoms in total. The maximum Gasteiger partial charge on any atom is 0.329 e. The van der Waals surface area contributed by atoms with Crippen LogP contribution in [0.25, 0.3) is 17.0 Å². The third-order valence-corrected chi connectivity index (χ3v) is 5.18. The first kappa shape index (κ1) is 17.8. The van der Waals surface area contributed by atoms with Crippen molar-refractivity contribution in [3.05, 3.63) is 75.6 Å². The number of carbonyl (C=O) groups is 2. The zero-order valence-corrected chi connectivity index (χ0v) is 15.7. The maximum absolute atomic E-state index is 12.7. The Morgan fingerprint density at radius 3 is 2.64 bits per heavy atom. The summed E-state index contributed by atoms with van der Waals surface area (Å²) in [5, 5.41) is 13.1. The Morgan fingerprint density at radius 1 is 1.18 bits per heavy atom. The monoisotopic (exact) mass is 390 g/mol. The maximum atomic E-state index is 12.7. The molecule has 7 heteroatoms. The van der Waals surface area contributed by atoms with E-state index in [-0.39, 0.29) is 12.2 Å². The summed E-state index contributed by atoms with van der Waals surface area (Å²) >= 11 is 6.15. The molecule has 138 valence electrons. The van der Waals surface area contributed by atoms with Gasteiger partial charge in [-0.2, -0.15) is 5.26 Å². The number of amides is 3. The summed E-state index contributed by atoms with van der Waals surface area (Å²) in [6.45, 7) is 2.05. The van der Waals surface area contributed by atoms with E-state index in [9.17, 15) is 9.59 Å². The van der Waals surface area contributed by atoms with E-state index in [1.54, 1.807) is 42.6 Å². The molecule has 0 atom stereocenters. The van der Waals surface area contributed by atoms with E-state index in [0.717, 1.165) is 32.5 Å².